The Morgan fingerprint density at radius 2 is 1.52 bits per heavy atom. The smallest absolute Gasteiger partial charge is 0.295 e. The van der Waals surface area contributed by atoms with Gasteiger partial charge in [0.2, 0.25) is 0 Å². The van der Waals surface area contributed by atoms with E-state index in [9.17, 15) is 13.2 Å². The Hall–Kier alpha value is -2.86. The van der Waals surface area contributed by atoms with E-state index in [1.165, 1.54) is 34.7 Å². The summed E-state index contributed by atoms with van der Waals surface area (Å²) in [7, 11) is 0. The van der Waals surface area contributed by atoms with Gasteiger partial charge in [0.15, 0.2) is 0 Å². The van der Waals surface area contributed by atoms with E-state index in [-0.39, 0.29) is 5.56 Å². The minimum atomic E-state index is -4.38. The second kappa shape index (κ2) is 8.25. The Morgan fingerprint density at radius 1 is 0.828 bits per heavy atom. The number of hydrazone groups is 1. The molecule has 1 heterocycles. The maximum atomic E-state index is 13.1. The molecule has 4 rings (SSSR count). The summed E-state index contributed by atoms with van der Waals surface area (Å²) < 4.78 is 39.3. The maximum absolute atomic E-state index is 13.1. The van der Waals surface area contributed by atoms with Crippen LogP contribution in [0.1, 0.15) is 16.7 Å². The fourth-order valence-corrected chi connectivity index (χ4v) is 3.69. The van der Waals surface area contributed by atoms with Gasteiger partial charge in [-0.1, -0.05) is 60.7 Å². The highest BCUT2D eigenvalue weighted by Gasteiger charge is 2.32. The van der Waals surface area contributed by atoms with Crippen molar-refractivity contribution in [2.24, 2.45) is 5.10 Å². The molecule has 29 heavy (non-hydrogen) atoms. The SMILES string of the molecule is FC(F)(F)c1ccccc1/C=N\N1CCN(Cc2cccc3ccccc23)CC1. The highest BCUT2D eigenvalue weighted by atomic mass is 19.4. The number of halogens is 3. The van der Waals surface area contributed by atoms with Crippen molar-refractivity contribution in [1.29, 1.82) is 0 Å². The van der Waals surface area contributed by atoms with Crippen LogP contribution >= 0.6 is 0 Å². The van der Waals surface area contributed by atoms with Gasteiger partial charge in [0.1, 0.15) is 0 Å². The number of benzene rings is 3. The van der Waals surface area contributed by atoms with Crippen LogP contribution in [-0.4, -0.2) is 42.3 Å². The zero-order chi connectivity index (χ0) is 20.3. The molecule has 150 valence electrons. The van der Waals surface area contributed by atoms with Crippen LogP contribution in [0.2, 0.25) is 0 Å². The van der Waals surface area contributed by atoms with E-state index in [2.05, 4.69) is 46.4 Å². The first-order chi connectivity index (χ1) is 14.0. The summed E-state index contributed by atoms with van der Waals surface area (Å²) in [6.07, 6.45) is -3.05. The van der Waals surface area contributed by atoms with Crippen molar-refractivity contribution in [3.8, 4) is 0 Å². The Labute approximate surface area is 168 Å². The summed E-state index contributed by atoms with van der Waals surface area (Å²) in [5.74, 6) is 0. The minimum Gasteiger partial charge on any atom is -0.295 e. The number of hydrogen-bond donors (Lipinski definition) is 0. The molecule has 3 nitrogen and oxygen atoms in total. The van der Waals surface area contributed by atoms with Crippen molar-refractivity contribution in [2.75, 3.05) is 26.2 Å². The lowest BCUT2D eigenvalue weighted by molar-refractivity contribution is -0.137. The standard InChI is InChI=1S/C23H22F3N3/c24-23(25,26)22-11-4-2-7-19(22)16-27-29-14-12-28(13-15-29)17-20-9-5-8-18-6-1-3-10-21(18)20/h1-11,16H,12-15,17H2/b27-16-. The van der Waals surface area contributed by atoms with Crippen LogP contribution in [0.25, 0.3) is 10.8 Å². The predicted molar refractivity (Wildman–Crippen MR) is 110 cm³/mol. The van der Waals surface area contributed by atoms with Gasteiger partial charge in [-0.3, -0.25) is 9.91 Å². The first kappa shape index (κ1) is 19.5. The third-order valence-corrected chi connectivity index (χ3v) is 5.25. The molecule has 3 aromatic rings. The minimum absolute atomic E-state index is 0.0955. The van der Waals surface area contributed by atoms with E-state index in [1.807, 2.05) is 11.1 Å². The molecule has 1 aliphatic rings. The van der Waals surface area contributed by atoms with Crippen molar-refractivity contribution < 1.29 is 13.2 Å². The third kappa shape index (κ3) is 4.59. The molecular formula is C23H22F3N3. The van der Waals surface area contributed by atoms with Gasteiger partial charge >= 0.3 is 6.18 Å². The Bertz CT molecular complexity index is 1000. The van der Waals surface area contributed by atoms with E-state index >= 15 is 0 Å². The first-order valence-electron chi connectivity index (χ1n) is 9.65. The van der Waals surface area contributed by atoms with Gasteiger partial charge in [-0.05, 0) is 22.4 Å². The molecule has 0 spiro atoms. The van der Waals surface area contributed by atoms with Crippen molar-refractivity contribution in [3.63, 3.8) is 0 Å². The van der Waals surface area contributed by atoms with Gasteiger partial charge in [-0.25, -0.2) is 0 Å². The average Bonchev–Trinajstić information content (AvgIpc) is 2.73. The van der Waals surface area contributed by atoms with E-state index in [4.69, 9.17) is 0 Å². The van der Waals surface area contributed by atoms with Gasteiger partial charge in [0.25, 0.3) is 0 Å². The lowest BCUT2D eigenvalue weighted by Gasteiger charge is -2.33. The summed E-state index contributed by atoms with van der Waals surface area (Å²) in [5.41, 5.74) is 0.732. The zero-order valence-corrected chi connectivity index (χ0v) is 15.9. The molecular weight excluding hydrogens is 375 g/mol. The molecule has 0 saturated carbocycles. The van der Waals surface area contributed by atoms with Gasteiger partial charge in [0.05, 0.1) is 11.8 Å². The average molecular weight is 397 g/mol. The molecule has 1 saturated heterocycles. The van der Waals surface area contributed by atoms with Crippen LogP contribution in [0.15, 0.2) is 71.8 Å². The third-order valence-electron chi connectivity index (χ3n) is 5.25. The quantitative estimate of drug-likeness (QED) is 0.577. The summed E-state index contributed by atoms with van der Waals surface area (Å²) in [5, 5.41) is 8.64. The summed E-state index contributed by atoms with van der Waals surface area (Å²) in [6, 6.07) is 20.2. The van der Waals surface area contributed by atoms with Crippen molar-refractivity contribution in [1.82, 2.24) is 9.91 Å². The molecule has 6 heteroatoms. The lowest BCUT2D eigenvalue weighted by atomic mass is 10.0. The molecule has 0 N–H and O–H groups in total. The number of nitrogens with zero attached hydrogens (tertiary/aromatic N) is 3. The van der Waals surface area contributed by atoms with Crippen LogP contribution in [0.3, 0.4) is 0 Å². The van der Waals surface area contributed by atoms with E-state index in [1.54, 1.807) is 6.07 Å². The number of hydrogen-bond acceptors (Lipinski definition) is 3. The number of fused-ring (bicyclic) bond motifs is 1. The fourth-order valence-electron chi connectivity index (χ4n) is 3.69. The van der Waals surface area contributed by atoms with Crippen molar-refractivity contribution in [2.45, 2.75) is 12.7 Å². The number of alkyl halides is 3. The van der Waals surface area contributed by atoms with E-state index < -0.39 is 11.7 Å². The van der Waals surface area contributed by atoms with Crippen LogP contribution in [-0.2, 0) is 12.7 Å². The van der Waals surface area contributed by atoms with Gasteiger partial charge in [0, 0.05) is 38.3 Å². The Morgan fingerprint density at radius 3 is 2.31 bits per heavy atom. The summed E-state index contributed by atoms with van der Waals surface area (Å²) in [6.45, 7) is 3.88. The fraction of sp³-hybridized carbons (Fsp3) is 0.261. The molecule has 1 aliphatic heterocycles. The van der Waals surface area contributed by atoms with Crippen molar-refractivity contribution in [3.05, 3.63) is 83.4 Å². The Balaban J connectivity index is 1.38. The highest BCUT2D eigenvalue weighted by molar-refractivity contribution is 5.85. The second-order valence-electron chi connectivity index (χ2n) is 7.20. The van der Waals surface area contributed by atoms with Crippen LogP contribution in [0, 0.1) is 0 Å². The highest BCUT2D eigenvalue weighted by Crippen LogP contribution is 2.31. The maximum Gasteiger partial charge on any atom is 0.417 e. The first-order valence-corrected chi connectivity index (χ1v) is 9.65. The monoisotopic (exact) mass is 397 g/mol. The molecule has 1 fully saturated rings. The lowest BCUT2D eigenvalue weighted by Crippen LogP contribution is -2.43. The van der Waals surface area contributed by atoms with Crippen LogP contribution in [0.5, 0.6) is 0 Å². The molecule has 0 radical (unpaired) electrons. The van der Waals surface area contributed by atoms with E-state index in [0.717, 1.165) is 25.7 Å². The van der Waals surface area contributed by atoms with E-state index in [0.29, 0.717) is 13.1 Å². The zero-order valence-electron chi connectivity index (χ0n) is 15.9. The molecule has 0 amide bonds. The molecule has 0 bridgehead atoms. The number of piperazine rings is 1. The Kier molecular flexibility index (Phi) is 5.53. The second-order valence-corrected chi connectivity index (χ2v) is 7.20. The topological polar surface area (TPSA) is 18.8 Å². The largest absolute Gasteiger partial charge is 0.417 e. The molecule has 0 atom stereocenters. The summed E-state index contributed by atoms with van der Waals surface area (Å²) in [4.78, 5) is 2.36. The normalized spacial score (nSPS) is 16.0. The predicted octanol–water partition coefficient (Wildman–Crippen LogP) is 5.01. The van der Waals surface area contributed by atoms with Crippen LogP contribution in [0.4, 0.5) is 13.2 Å². The number of rotatable bonds is 4. The van der Waals surface area contributed by atoms with Gasteiger partial charge in [-0.15, -0.1) is 0 Å². The summed E-state index contributed by atoms with van der Waals surface area (Å²) >= 11 is 0. The van der Waals surface area contributed by atoms with Gasteiger partial charge in [-0.2, -0.15) is 18.3 Å². The molecule has 0 unspecified atom stereocenters. The molecule has 3 aromatic carbocycles. The van der Waals surface area contributed by atoms with Gasteiger partial charge < -0.3 is 0 Å². The molecule has 0 aromatic heterocycles. The van der Waals surface area contributed by atoms with Crippen molar-refractivity contribution >= 4 is 17.0 Å². The van der Waals surface area contributed by atoms with Crippen LogP contribution < -0.4 is 0 Å². The molecule has 0 aliphatic carbocycles.